The van der Waals surface area contributed by atoms with Crippen LogP contribution in [-0.2, 0) is 21.2 Å². The summed E-state index contributed by atoms with van der Waals surface area (Å²) in [5.74, 6) is -0.326. The molecule has 1 fully saturated rings. The summed E-state index contributed by atoms with van der Waals surface area (Å²) in [5.41, 5.74) is -2.98. The first kappa shape index (κ1) is 24.0. The molecule has 0 bridgehead atoms. The number of aryl methyl sites for hydroxylation is 1. The highest BCUT2D eigenvalue weighted by atomic mass is 35.5. The first-order chi connectivity index (χ1) is 15.4. The molecule has 0 saturated carbocycles. The molecule has 12 heteroatoms. The van der Waals surface area contributed by atoms with Gasteiger partial charge < -0.3 is 15.3 Å². The summed E-state index contributed by atoms with van der Waals surface area (Å²) in [7, 11) is -1.38. The van der Waals surface area contributed by atoms with E-state index in [0.717, 1.165) is 12.1 Å². The van der Waals surface area contributed by atoms with E-state index in [-0.39, 0.29) is 32.6 Å². The summed E-state index contributed by atoms with van der Waals surface area (Å²) in [4.78, 5) is 17.5. The van der Waals surface area contributed by atoms with Crippen molar-refractivity contribution in [1.29, 1.82) is 0 Å². The SMILES string of the molecule is Cc1cc(C2=NOC(c3cc(Cl)cc(Cl)c3)(C(F)(F)F)C2)ccc1C(=O)N[C@H]1CS(=O)[C@H]1O. The molecule has 2 aliphatic heterocycles. The Hall–Kier alpha value is -2.14. The number of nitrogens with one attached hydrogen (secondary N) is 1. The van der Waals surface area contributed by atoms with Crippen LogP contribution in [0.4, 0.5) is 13.2 Å². The zero-order valence-electron chi connectivity index (χ0n) is 17.0. The standard InChI is InChI=1S/C21H17Cl2F3N2O4S/c1-10-4-11(2-3-15(10)18(29)27-17-9-33(31)19(17)30)16-8-20(32-28-16,21(24,25)26)12-5-13(22)7-14(23)6-12/h2-7,17,19,30H,8-9H2,1H3,(H,27,29)/t17-,19+,20?,33?/m0/s1. The molecule has 6 nitrogen and oxygen atoms in total. The lowest BCUT2D eigenvalue weighted by atomic mass is 9.86. The molecule has 2 N–H and O–H groups in total. The van der Waals surface area contributed by atoms with Gasteiger partial charge in [-0.25, -0.2) is 0 Å². The van der Waals surface area contributed by atoms with Gasteiger partial charge in [-0.2, -0.15) is 13.2 Å². The summed E-state index contributed by atoms with van der Waals surface area (Å²) in [6.07, 6.45) is -5.43. The van der Waals surface area contributed by atoms with E-state index >= 15 is 0 Å². The van der Waals surface area contributed by atoms with Crippen LogP contribution in [0.1, 0.15) is 33.5 Å². The lowest BCUT2D eigenvalue weighted by Crippen LogP contribution is -2.57. The van der Waals surface area contributed by atoms with Gasteiger partial charge in [0.25, 0.3) is 11.5 Å². The van der Waals surface area contributed by atoms with E-state index in [9.17, 15) is 27.3 Å². The predicted octanol–water partition coefficient (Wildman–Crippen LogP) is 4.06. The molecule has 2 aromatic rings. The first-order valence-electron chi connectivity index (χ1n) is 9.67. The average molecular weight is 521 g/mol. The number of nitrogens with zero attached hydrogens (tertiary/aromatic N) is 1. The maximum atomic E-state index is 14.1. The zero-order chi connectivity index (χ0) is 24.1. The van der Waals surface area contributed by atoms with Crippen LogP contribution in [0.5, 0.6) is 0 Å². The molecule has 2 aromatic carbocycles. The number of amides is 1. The fraction of sp³-hybridized carbons (Fsp3) is 0.333. The van der Waals surface area contributed by atoms with Crippen molar-refractivity contribution >= 4 is 45.6 Å². The van der Waals surface area contributed by atoms with E-state index < -0.39 is 46.4 Å². The highest BCUT2D eigenvalue weighted by Crippen LogP contribution is 2.49. The van der Waals surface area contributed by atoms with Crippen LogP contribution in [0.3, 0.4) is 0 Å². The third-order valence-electron chi connectivity index (χ3n) is 5.59. The number of carbonyl (C=O) groups excluding carboxylic acids is 1. The second-order valence-corrected chi connectivity index (χ2v) is 10.3. The van der Waals surface area contributed by atoms with Gasteiger partial charge >= 0.3 is 6.18 Å². The summed E-state index contributed by atoms with van der Waals surface area (Å²) in [6.45, 7) is 1.62. The Morgan fingerprint density at radius 1 is 1.24 bits per heavy atom. The van der Waals surface area contributed by atoms with Gasteiger partial charge in [0.15, 0.2) is 0 Å². The van der Waals surface area contributed by atoms with E-state index in [1.165, 1.54) is 24.3 Å². The lowest BCUT2D eigenvalue weighted by molar-refractivity contribution is -0.275. The van der Waals surface area contributed by atoms with Crippen molar-refractivity contribution < 1.29 is 32.1 Å². The molecule has 2 heterocycles. The van der Waals surface area contributed by atoms with Crippen LogP contribution in [0.25, 0.3) is 0 Å². The van der Waals surface area contributed by atoms with Crippen molar-refractivity contribution in [3.8, 4) is 0 Å². The van der Waals surface area contributed by atoms with Crippen LogP contribution in [-0.4, -0.2) is 44.3 Å². The number of rotatable bonds is 4. The second-order valence-electron chi connectivity index (χ2n) is 7.84. The van der Waals surface area contributed by atoms with Crippen LogP contribution in [0, 0.1) is 6.92 Å². The molecule has 176 valence electrons. The molecule has 33 heavy (non-hydrogen) atoms. The summed E-state index contributed by atoms with van der Waals surface area (Å²) >= 11 is 11.8. The largest absolute Gasteiger partial charge is 0.435 e. The van der Waals surface area contributed by atoms with Crippen molar-refractivity contribution in [3.63, 3.8) is 0 Å². The normalized spacial score (nSPS) is 26.9. The van der Waals surface area contributed by atoms with Crippen LogP contribution in [0.2, 0.25) is 10.0 Å². The Kier molecular flexibility index (Phi) is 6.24. The fourth-order valence-corrected chi connectivity index (χ4v) is 5.24. The number of benzene rings is 2. The monoisotopic (exact) mass is 520 g/mol. The Balaban J connectivity index is 1.58. The van der Waals surface area contributed by atoms with Gasteiger partial charge in [0.2, 0.25) is 0 Å². The zero-order valence-corrected chi connectivity index (χ0v) is 19.3. The minimum atomic E-state index is -4.81. The van der Waals surface area contributed by atoms with Crippen molar-refractivity contribution in [2.75, 3.05) is 5.75 Å². The molecule has 2 aliphatic rings. The van der Waals surface area contributed by atoms with Crippen molar-refractivity contribution in [2.24, 2.45) is 5.16 Å². The van der Waals surface area contributed by atoms with E-state index in [1.54, 1.807) is 6.92 Å². The minimum absolute atomic E-state index is 0.0322. The molecular weight excluding hydrogens is 504 g/mol. The predicted molar refractivity (Wildman–Crippen MR) is 118 cm³/mol. The minimum Gasteiger partial charge on any atom is -0.378 e. The molecule has 0 aromatic heterocycles. The fourth-order valence-electron chi connectivity index (χ4n) is 3.72. The highest BCUT2D eigenvalue weighted by Gasteiger charge is 2.62. The molecule has 0 aliphatic carbocycles. The summed E-state index contributed by atoms with van der Waals surface area (Å²) < 4.78 is 53.7. The number of aliphatic hydroxyl groups is 1. The summed E-state index contributed by atoms with van der Waals surface area (Å²) in [5, 5.41) is 16.0. The number of halogens is 5. The molecule has 1 amide bonds. The van der Waals surface area contributed by atoms with Crippen molar-refractivity contribution in [3.05, 3.63) is 68.7 Å². The Morgan fingerprint density at radius 3 is 2.45 bits per heavy atom. The molecular formula is C21H17Cl2F3N2O4S. The van der Waals surface area contributed by atoms with Gasteiger partial charge in [-0.15, -0.1) is 0 Å². The number of alkyl halides is 3. The molecule has 2 unspecified atom stereocenters. The topological polar surface area (TPSA) is 88.0 Å². The summed E-state index contributed by atoms with van der Waals surface area (Å²) in [6, 6.07) is 7.44. The van der Waals surface area contributed by atoms with Gasteiger partial charge in [0.05, 0.1) is 22.6 Å². The van der Waals surface area contributed by atoms with E-state index in [0.29, 0.717) is 11.1 Å². The van der Waals surface area contributed by atoms with Gasteiger partial charge in [-0.3, -0.25) is 9.00 Å². The maximum Gasteiger partial charge on any atom is 0.435 e. The van der Waals surface area contributed by atoms with E-state index in [4.69, 9.17) is 28.0 Å². The molecule has 1 saturated heterocycles. The van der Waals surface area contributed by atoms with Crippen LogP contribution < -0.4 is 5.32 Å². The second kappa shape index (κ2) is 8.57. The highest BCUT2D eigenvalue weighted by molar-refractivity contribution is 7.87. The third kappa shape index (κ3) is 4.37. The molecule has 4 rings (SSSR count). The maximum absolute atomic E-state index is 14.1. The van der Waals surface area contributed by atoms with Gasteiger partial charge in [-0.1, -0.05) is 34.4 Å². The van der Waals surface area contributed by atoms with E-state index in [2.05, 4.69) is 10.5 Å². The molecule has 0 radical (unpaired) electrons. The Bertz CT molecular complexity index is 1170. The van der Waals surface area contributed by atoms with E-state index in [1.807, 2.05) is 0 Å². The molecule has 0 spiro atoms. The lowest BCUT2D eigenvalue weighted by Gasteiger charge is -2.32. The number of hydrogen-bond acceptors (Lipinski definition) is 5. The van der Waals surface area contributed by atoms with Gasteiger partial charge in [-0.05, 0) is 48.4 Å². The first-order valence-corrected chi connectivity index (χ1v) is 11.8. The Morgan fingerprint density at radius 2 is 1.91 bits per heavy atom. The van der Waals surface area contributed by atoms with Gasteiger partial charge in [0.1, 0.15) is 5.44 Å². The number of hydrogen-bond donors (Lipinski definition) is 2. The van der Waals surface area contributed by atoms with Crippen molar-refractivity contribution in [1.82, 2.24) is 5.32 Å². The number of carbonyl (C=O) groups is 1. The Labute approximate surface area is 199 Å². The van der Waals surface area contributed by atoms with Gasteiger partial charge in [0, 0.05) is 33.3 Å². The molecule has 4 atom stereocenters. The van der Waals surface area contributed by atoms with Crippen LogP contribution >= 0.6 is 23.2 Å². The van der Waals surface area contributed by atoms with Crippen molar-refractivity contribution in [2.45, 2.75) is 36.6 Å². The average Bonchev–Trinajstić information content (AvgIpc) is 3.19. The number of aliphatic hydroxyl groups excluding tert-OH is 1. The quantitative estimate of drug-likeness (QED) is 0.636. The smallest absolute Gasteiger partial charge is 0.378 e. The van der Waals surface area contributed by atoms with Crippen LogP contribution in [0.15, 0.2) is 41.6 Å². The third-order valence-corrected chi connectivity index (χ3v) is 7.58. The number of oxime groups is 1.